The maximum atomic E-state index is 5.40. The van der Waals surface area contributed by atoms with E-state index in [0.29, 0.717) is 5.89 Å². The molecule has 1 aromatic heterocycles. The molecule has 3 heterocycles. The van der Waals surface area contributed by atoms with Crippen molar-refractivity contribution in [2.75, 3.05) is 25.4 Å². The lowest BCUT2D eigenvalue weighted by atomic mass is 9.96. The third-order valence-corrected chi connectivity index (χ3v) is 3.13. The summed E-state index contributed by atoms with van der Waals surface area (Å²) in [5, 5.41) is 3.57. The summed E-state index contributed by atoms with van der Waals surface area (Å²) in [6.45, 7) is 3.52. The minimum Gasteiger partial charge on any atom is -0.365 e. The molecule has 0 saturated carbocycles. The molecule has 0 aromatic carbocycles. The zero-order valence-corrected chi connectivity index (χ0v) is 8.52. The summed E-state index contributed by atoms with van der Waals surface area (Å²) >= 11 is 0. The SMILES string of the molecule is Nc1noc(C=C2CC3CCN(C2)C3)n1. The Kier molecular flexibility index (Phi) is 1.98. The first-order chi connectivity index (χ1) is 7.29. The van der Waals surface area contributed by atoms with Gasteiger partial charge in [-0.2, -0.15) is 4.98 Å². The molecule has 2 fully saturated rings. The molecule has 5 heteroatoms. The minimum absolute atomic E-state index is 0.209. The van der Waals surface area contributed by atoms with E-state index < -0.39 is 0 Å². The lowest BCUT2D eigenvalue weighted by Crippen LogP contribution is -2.27. The molecule has 2 unspecified atom stereocenters. The Bertz CT molecular complexity index is 384. The molecule has 2 aliphatic heterocycles. The van der Waals surface area contributed by atoms with Crippen LogP contribution in [0, 0.1) is 5.92 Å². The highest BCUT2D eigenvalue weighted by Crippen LogP contribution is 2.30. The first kappa shape index (κ1) is 8.91. The molecule has 2 saturated heterocycles. The van der Waals surface area contributed by atoms with Crippen molar-refractivity contribution in [3.05, 3.63) is 11.5 Å². The van der Waals surface area contributed by atoms with Crippen LogP contribution in [0.1, 0.15) is 18.7 Å². The number of hydrogen-bond donors (Lipinski definition) is 1. The van der Waals surface area contributed by atoms with Gasteiger partial charge in [0.1, 0.15) is 0 Å². The third-order valence-electron chi connectivity index (χ3n) is 3.13. The Morgan fingerprint density at radius 3 is 3.20 bits per heavy atom. The molecule has 1 aromatic rings. The molecular formula is C10H14N4O. The number of nitrogen functional groups attached to an aromatic ring is 1. The fourth-order valence-corrected chi connectivity index (χ4v) is 2.53. The average molecular weight is 206 g/mol. The van der Waals surface area contributed by atoms with E-state index in [2.05, 4.69) is 15.0 Å². The maximum Gasteiger partial charge on any atom is 0.261 e. The van der Waals surface area contributed by atoms with E-state index in [-0.39, 0.29) is 5.95 Å². The van der Waals surface area contributed by atoms with Crippen LogP contribution in [0.4, 0.5) is 5.95 Å². The largest absolute Gasteiger partial charge is 0.365 e. The second kappa shape index (κ2) is 3.34. The molecule has 2 aliphatic rings. The lowest BCUT2D eigenvalue weighted by Gasteiger charge is -2.24. The summed E-state index contributed by atoms with van der Waals surface area (Å²) in [5.41, 5.74) is 6.78. The minimum atomic E-state index is 0.209. The summed E-state index contributed by atoms with van der Waals surface area (Å²) in [6, 6.07) is 0. The number of nitrogens with two attached hydrogens (primary N) is 1. The number of aromatic nitrogens is 2. The predicted molar refractivity (Wildman–Crippen MR) is 55.9 cm³/mol. The highest BCUT2D eigenvalue weighted by molar-refractivity contribution is 5.46. The van der Waals surface area contributed by atoms with Gasteiger partial charge in [-0.15, -0.1) is 0 Å². The first-order valence-electron chi connectivity index (χ1n) is 5.30. The van der Waals surface area contributed by atoms with Crippen molar-refractivity contribution in [1.82, 2.24) is 15.0 Å². The molecule has 2 bridgehead atoms. The average Bonchev–Trinajstić information content (AvgIpc) is 2.74. The molecule has 2 atom stereocenters. The molecule has 5 nitrogen and oxygen atoms in total. The van der Waals surface area contributed by atoms with Crippen LogP contribution < -0.4 is 5.73 Å². The third kappa shape index (κ3) is 1.74. The van der Waals surface area contributed by atoms with Gasteiger partial charge in [-0.3, -0.25) is 4.90 Å². The molecule has 0 amide bonds. The fourth-order valence-electron chi connectivity index (χ4n) is 2.53. The summed E-state index contributed by atoms with van der Waals surface area (Å²) in [4.78, 5) is 6.45. The molecule has 2 N–H and O–H groups in total. The van der Waals surface area contributed by atoms with Crippen molar-refractivity contribution < 1.29 is 4.52 Å². The van der Waals surface area contributed by atoms with E-state index in [1.54, 1.807) is 0 Å². The van der Waals surface area contributed by atoms with E-state index in [1.807, 2.05) is 6.08 Å². The Morgan fingerprint density at radius 2 is 2.47 bits per heavy atom. The molecule has 0 aliphatic carbocycles. The van der Waals surface area contributed by atoms with E-state index in [0.717, 1.165) is 12.5 Å². The highest BCUT2D eigenvalue weighted by Gasteiger charge is 2.29. The molecule has 80 valence electrons. The van der Waals surface area contributed by atoms with Gasteiger partial charge in [-0.05, 0) is 30.5 Å². The lowest BCUT2D eigenvalue weighted by molar-refractivity contribution is 0.317. The number of fused-ring (bicyclic) bond motifs is 2. The second-order valence-corrected chi connectivity index (χ2v) is 4.39. The molecule has 3 rings (SSSR count). The summed E-state index contributed by atoms with van der Waals surface area (Å²) in [7, 11) is 0. The zero-order valence-electron chi connectivity index (χ0n) is 8.52. The normalized spacial score (nSPS) is 32.4. The number of piperidine rings is 1. The van der Waals surface area contributed by atoms with Crippen LogP contribution in [0.15, 0.2) is 10.1 Å². The Hall–Kier alpha value is -1.36. The summed E-state index contributed by atoms with van der Waals surface area (Å²) < 4.78 is 4.98. The van der Waals surface area contributed by atoms with Gasteiger partial charge in [0.25, 0.3) is 11.8 Å². The molecule has 0 radical (unpaired) electrons. The fraction of sp³-hybridized carbons (Fsp3) is 0.600. The topological polar surface area (TPSA) is 68.2 Å². The van der Waals surface area contributed by atoms with Crippen LogP contribution >= 0.6 is 0 Å². The highest BCUT2D eigenvalue weighted by atomic mass is 16.5. The van der Waals surface area contributed by atoms with E-state index in [4.69, 9.17) is 10.3 Å². The van der Waals surface area contributed by atoms with Gasteiger partial charge in [-0.25, -0.2) is 0 Å². The van der Waals surface area contributed by atoms with Gasteiger partial charge < -0.3 is 10.3 Å². The quantitative estimate of drug-likeness (QED) is 0.734. The number of anilines is 1. The van der Waals surface area contributed by atoms with Gasteiger partial charge in [-0.1, -0.05) is 5.57 Å². The van der Waals surface area contributed by atoms with Crippen LogP contribution in [0.25, 0.3) is 6.08 Å². The van der Waals surface area contributed by atoms with E-state index in [9.17, 15) is 0 Å². The Balaban J connectivity index is 1.80. The molecule has 0 spiro atoms. The Labute approximate surface area is 87.9 Å². The van der Waals surface area contributed by atoms with Gasteiger partial charge in [0.2, 0.25) is 0 Å². The van der Waals surface area contributed by atoms with Crippen LogP contribution in [0.2, 0.25) is 0 Å². The van der Waals surface area contributed by atoms with Crippen LogP contribution in [0.3, 0.4) is 0 Å². The van der Waals surface area contributed by atoms with Crippen LogP contribution in [0.5, 0.6) is 0 Å². The van der Waals surface area contributed by atoms with Crippen molar-refractivity contribution in [2.45, 2.75) is 12.8 Å². The van der Waals surface area contributed by atoms with Crippen molar-refractivity contribution in [3.8, 4) is 0 Å². The van der Waals surface area contributed by atoms with E-state index >= 15 is 0 Å². The van der Waals surface area contributed by atoms with Crippen molar-refractivity contribution in [3.63, 3.8) is 0 Å². The standard InChI is InChI=1S/C10H14N4O/c11-10-12-9(15-13-10)4-8-3-7-1-2-14(5-7)6-8/h4,7H,1-3,5-6H2,(H2,11,13). The van der Waals surface area contributed by atoms with Gasteiger partial charge in [0, 0.05) is 19.2 Å². The summed E-state index contributed by atoms with van der Waals surface area (Å²) in [5.74, 6) is 1.57. The van der Waals surface area contributed by atoms with Crippen LogP contribution in [-0.4, -0.2) is 34.7 Å². The van der Waals surface area contributed by atoms with Crippen molar-refractivity contribution >= 4 is 12.0 Å². The monoisotopic (exact) mass is 206 g/mol. The number of nitrogens with zero attached hydrogens (tertiary/aromatic N) is 3. The zero-order chi connectivity index (χ0) is 10.3. The predicted octanol–water partition coefficient (Wildman–Crippen LogP) is 0.761. The smallest absolute Gasteiger partial charge is 0.261 e. The number of rotatable bonds is 1. The van der Waals surface area contributed by atoms with Crippen molar-refractivity contribution in [1.29, 1.82) is 0 Å². The maximum absolute atomic E-state index is 5.40. The molecular weight excluding hydrogens is 192 g/mol. The molecule has 15 heavy (non-hydrogen) atoms. The summed E-state index contributed by atoms with van der Waals surface area (Å²) in [6.07, 6.45) is 4.47. The number of hydrogen-bond acceptors (Lipinski definition) is 5. The van der Waals surface area contributed by atoms with E-state index in [1.165, 1.54) is 31.5 Å². The van der Waals surface area contributed by atoms with Crippen LogP contribution in [-0.2, 0) is 0 Å². The van der Waals surface area contributed by atoms with Gasteiger partial charge >= 0.3 is 0 Å². The first-order valence-corrected chi connectivity index (χ1v) is 5.30. The van der Waals surface area contributed by atoms with Gasteiger partial charge in [0.05, 0.1) is 0 Å². The second-order valence-electron chi connectivity index (χ2n) is 4.39. The van der Waals surface area contributed by atoms with Gasteiger partial charge in [0.15, 0.2) is 0 Å². The van der Waals surface area contributed by atoms with Crippen molar-refractivity contribution in [2.24, 2.45) is 5.92 Å². The Morgan fingerprint density at radius 1 is 1.53 bits per heavy atom.